The summed E-state index contributed by atoms with van der Waals surface area (Å²) in [6.07, 6.45) is 1.29. The number of benzene rings is 3. The zero-order chi connectivity index (χ0) is 23.8. The van der Waals surface area contributed by atoms with Crippen LogP contribution in [0.15, 0.2) is 71.8 Å². The molecule has 0 aliphatic rings. The lowest BCUT2D eigenvalue weighted by atomic mass is 10.1. The molecule has 0 bridgehead atoms. The Balaban J connectivity index is 1.64. The van der Waals surface area contributed by atoms with E-state index in [0.717, 1.165) is 5.56 Å². The van der Waals surface area contributed by atoms with Gasteiger partial charge in [-0.05, 0) is 60.5 Å². The van der Waals surface area contributed by atoms with E-state index in [4.69, 9.17) is 4.74 Å². The first-order valence-electron chi connectivity index (χ1n) is 9.86. The lowest BCUT2D eigenvalue weighted by molar-refractivity contribution is -0.136. The molecule has 9 heteroatoms. The van der Waals surface area contributed by atoms with Crippen molar-refractivity contribution < 1.29 is 24.2 Å². The number of carbonyl (C=O) groups excluding carboxylic acids is 3. The van der Waals surface area contributed by atoms with Crippen LogP contribution >= 0.6 is 0 Å². The SMILES string of the molecule is COc1cc(C=NNC(=O)C(=O)Nc2ccccc2C(=O)Nc2cccc(C)c2)ccc1O. The molecule has 0 fully saturated rings. The molecule has 9 nitrogen and oxygen atoms in total. The molecule has 0 aliphatic heterocycles. The minimum absolute atomic E-state index is 0.0387. The number of phenolic OH excluding ortho intramolecular Hbond substituents is 1. The summed E-state index contributed by atoms with van der Waals surface area (Å²) in [5.41, 5.74) is 4.61. The highest BCUT2D eigenvalue weighted by Crippen LogP contribution is 2.25. The van der Waals surface area contributed by atoms with E-state index in [1.807, 2.05) is 25.1 Å². The number of ether oxygens (including phenoxy) is 1. The second kappa shape index (κ2) is 10.6. The molecule has 0 heterocycles. The van der Waals surface area contributed by atoms with Crippen molar-refractivity contribution in [3.05, 3.63) is 83.4 Å². The molecular formula is C24H22N4O5. The predicted octanol–water partition coefficient (Wildman–Crippen LogP) is 3.05. The number of hydrogen-bond acceptors (Lipinski definition) is 6. The number of anilines is 2. The summed E-state index contributed by atoms with van der Waals surface area (Å²) in [4.78, 5) is 37.1. The lowest BCUT2D eigenvalue weighted by Crippen LogP contribution is -2.33. The van der Waals surface area contributed by atoms with Gasteiger partial charge in [-0.1, -0.05) is 24.3 Å². The van der Waals surface area contributed by atoms with Crippen molar-refractivity contribution in [2.24, 2.45) is 5.10 Å². The quantitative estimate of drug-likeness (QED) is 0.263. The smallest absolute Gasteiger partial charge is 0.329 e. The fourth-order valence-corrected chi connectivity index (χ4v) is 2.88. The van der Waals surface area contributed by atoms with Gasteiger partial charge in [-0.3, -0.25) is 14.4 Å². The van der Waals surface area contributed by atoms with Crippen LogP contribution in [0.2, 0.25) is 0 Å². The molecule has 33 heavy (non-hydrogen) atoms. The Morgan fingerprint density at radius 2 is 1.73 bits per heavy atom. The molecule has 0 radical (unpaired) electrons. The van der Waals surface area contributed by atoms with Gasteiger partial charge in [0.15, 0.2) is 11.5 Å². The highest BCUT2D eigenvalue weighted by atomic mass is 16.5. The Hall–Kier alpha value is -4.66. The molecule has 4 N–H and O–H groups in total. The van der Waals surface area contributed by atoms with E-state index in [1.54, 1.807) is 24.3 Å². The molecule has 3 aromatic rings. The van der Waals surface area contributed by atoms with Crippen LogP contribution in [0.5, 0.6) is 11.5 Å². The normalized spacial score (nSPS) is 10.5. The first kappa shape index (κ1) is 23.0. The Morgan fingerprint density at radius 1 is 0.939 bits per heavy atom. The number of methoxy groups -OCH3 is 1. The Bertz CT molecular complexity index is 1220. The molecular weight excluding hydrogens is 424 g/mol. The van der Waals surface area contributed by atoms with Gasteiger partial charge in [0.05, 0.1) is 24.6 Å². The predicted molar refractivity (Wildman–Crippen MR) is 125 cm³/mol. The number of carbonyl (C=O) groups is 3. The minimum atomic E-state index is -1.02. The fraction of sp³-hybridized carbons (Fsp3) is 0.0833. The molecule has 0 aromatic heterocycles. The fourth-order valence-electron chi connectivity index (χ4n) is 2.88. The number of hydrazone groups is 1. The van der Waals surface area contributed by atoms with Gasteiger partial charge < -0.3 is 20.5 Å². The van der Waals surface area contributed by atoms with Gasteiger partial charge >= 0.3 is 11.8 Å². The molecule has 0 spiro atoms. The van der Waals surface area contributed by atoms with Gasteiger partial charge in [-0.15, -0.1) is 0 Å². The van der Waals surface area contributed by atoms with Crippen molar-refractivity contribution in [2.75, 3.05) is 17.7 Å². The first-order chi connectivity index (χ1) is 15.9. The maximum Gasteiger partial charge on any atom is 0.329 e. The topological polar surface area (TPSA) is 129 Å². The van der Waals surface area contributed by atoms with Gasteiger partial charge in [-0.2, -0.15) is 5.10 Å². The second-order valence-electron chi connectivity index (χ2n) is 6.95. The third-order valence-electron chi connectivity index (χ3n) is 4.49. The van der Waals surface area contributed by atoms with E-state index >= 15 is 0 Å². The number of amides is 3. The number of nitrogens with one attached hydrogen (secondary N) is 3. The van der Waals surface area contributed by atoms with Crippen LogP contribution in [-0.2, 0) is 9.59 Å². The van der Waals surface area contributed by atoms with Gasteiger partial charge in [0, 0.05) is 5.69 Å². The van der Waals surface area contributed by atoms with Crippen LogP contribution < -0.4 is 20.8 Å². The second-order valence-corrected chi connectivity index (χ2v) is 6.95. The zero-order valence-electron chi connectivity index (χ0n) is 18.0. The Kier molecular flexibility index (Phi) is 7.38. The largest absolute Gasteiger partial charge is 0.504 e. The monoisotopic (exact) mass is 446 g/mol. The van der Waals surface area contributed by atoms with Gasteiger partial charge in [0.2, 0.25) is 0 Å². The summed E-state index contributed by atoms with van der Waals surface area (Å²) in [7, 11) is 1.40. The number of aryl methyl sites for hydroxylation is 1. The summed E-state index contributed by atoms with van der Waals surface area (Å²) in [5.74, 6) is -2.25. The van der Waals surface area contributed by atoms with Crippen molar-refractivity contribution in [2.45, 2.75) is 6.92 Å². The molecule has 3 amide bonds. The summed E-state index contributed by atoms with van der Waals surface area (Å²) in [6.45, 7) is 1.91. The number of hydrogen-bond donors (Lipinski definition) is 4. The van der Waals surface area contributed by atoms with E-state index in [1.165, 1.54) is 37.6 Å². The number of aromatic hydroxyl groups is 1. The molecule has 0 atom stereocenters. The molecule has 168 valence electrons. The van der Waals surface area contributed by atoms with Crippen LogP contribution in [0.3, 0.4) is 0 Å². The van der Waals surface area contributed by atoms with Gasteiger partial charge in [0.25, 0.3) is 5.91 Å². The van der Waals surface area contributed by atoms with Crippen LogP contribution in [0.1, 0.15) is 21.5 Å². The third kappa shape index (κ3) is 6.17. The average molecular weight is 446 g/mol. The van der Waals surface area contributed by atoms with E-state index in [0.29, 0.717) is 11.3 Å². The summed E-state index contributed by atoms with van der Waals surface area (Å²) in [6, 6.07) is 18.1. The highest BCUT2D eigenvalue weighted by molar-refractivity contribution is 6.40. The maximum atomic E-state index is 12.7. The molecule has 3 aromatic carbocycles. The summed E-state index contributed by atoms with van der Waals surface area (Å²) >= 11 is 0. The lowest BCUT2D eigenvalue weighted by Gasteiger charge is -2.11. The van der Waals surface area contributed by atoms with E-state index in [2.05, 4.69) is 21.2 Å². The number of phenols is 1. The van der Waals surface area contributed by atoms with Crippen molar-refractivity contribution in [1.29, 1.82) is 0 Å². The van der Waals surface area contributed by atoms with E-state index in [9.17, 15) is 19.5 Å². The van der Waals surface area contributed by atoms with Crippen LogP contribution in [0.4, 0.5) is 11.4 Å². The standard InChI is InChI=1S/C24H22N4O5/c1-15-6-5-7-17(12-15)26-22(30)18-8-3-4-9-19(18)27-23(31)24(32)28-25-14-16-10-11-20(29)21(13-16)33-2/h3-14,29H,1-2H3,(H,26,30)(H,27,31)(H,28,32). The number of rotatable bonds is 6. The molecule has 3 rings (SSSR count). The van der Waals surface area contributed by atoms with Crippen LogP contribution in [0.25, 0.3) is 0 Å². The van der Waals surface area contributed by atoms with Crippen LogP contribution in [0, 0.1) is 6.92 Å². The van der Waals surface area contributed by atoms with Gasteiger partial charge in [-0.25, -0.2) is 5.43 Å². The highest BCUT2D eigenvalue weighted by Gasteiger charge is 2.17. The van der Waals surface area contributed by atoms with Crippen molar-refractivity contribution in [3.8, 4) is 11.5 Å². The van der Waals surface area contributed by atoms with E-state index in [-0.39, 0.29) is 22.7 Å². The Labute approximate surface area is 190 Å². The minimum Gasteiger partial charge on any atom is -0.504 e. The van der Waals surface area contributed by atoms with Crippen molar-refractivity contribution >= 4 is 35.3 Å². The molecule has 0 unspecified atom stereocenters. The summed E-state index contributed by atoms with van der Waals surface area (Å²) in [5, 5.41) is 18.5. The number of para-hydroxylation sites is 1. The van der Waals surface area contributed by atoms with Crippen molar-refractivity contribution in [1.82, 2.24) is 5.43 Å². The molecule has 0 aliphatic carbocycles. The van der Waals surface area contributed by atoms with Crippen LogP contribution in [-0.4, -0.2) is 36.2 Å². The molecule has 0 saturated heterocycles. The molecule has 0 saturated carbocycles. The Morgan fingerprint density at radius 3 is 2.48 bits per heavy atom. The van der Waals surface area contributed by atoms with Crippen molar-refractivity contribution in [3.63, 3.8) is 0 Å². The van der Waals surface area contributed by atoms with E-state index < -0.39 is 17.7 Å². The number of nitrogens with zero attached hydrogens (tertiary/aromatic N) is 1. The first-order valence-corrected chi connectivity index (χ1v) is 9.86. The maximum absolute atomic E-state index is 12.7. The average Bonchev–Trinajstić information content (AvgIpc) is 2.80. The summed E-state index contributed by atoms with van der Waals surface area (Å²) < 4.78 is 5.00. The van der Waals surface area contributed by atoms with Gasteiger partial charge in [0.1, 0.15) is 0 Å². The zero-order valence-corrected chi connectivity index (χ0v) is 18.0. The third-order valence-corrected chi connectivity index (χ3v) is 4.49.